The molecule has 2 heterocycles. The van der Waals surface area contributed by atoms with E-state index in [0.29, 0.717) is 11.5 Å². The van der Waals surface area contributed by atoms with Gasteiger partial charge in [0.15, 0.2) is 18.1 Å². The molecule has 0 saturated carbocycles. The van der Waals surface area contributed by atoms with E-state index >= 15 is 0 Å². The molecule has 134 valence electrons. The van der Waals surface area contributed by atoms with Gasteiger partial charge < -0.3 is 19.1 Å². The number of piperidine rings is 1. The van der Waals surface area contributed by atoms with Gasteiger partial charge in [0.1, 0.15) is 0 Å². The standard InChI is InChI=1S/C19H23NO5/c1-2-15-5-3-4-10-20(15)18(21)12-23-19(22)9-7-14-6-8-16-17(11-14)25-13-24-16/h6-9,11,15H,2-5,10,12-13H2,1H3/b9-7+/t15-/m1/s1. The van der Waals surface area contributed by atoms with E-state index in [1.807, 2.05) is 11.0 Å². The van der Waals surface area contributed by atoms with E-state index in [4.69, 9.17) is 14.2 Å². The predicted molar refractivity (Wildman–Crippen MR) is 92.2 cm³/mol. The van der Waals surface area contributed by atoms with Crippen LogP contribution in [0.1, 0.15) is 38.2 Å². The van der Waals surface area contributed by atoms with Crippen LogP contribution in [0.2, 0.25) is 0 Å². The van der Waals surface area contributed by atoms with Gasteiger partial charge in [-0.25, -0.2) is 4.79 Å². The van der Waals surface area contributed by atoms with Crippen molar-refractivity contribution in [3.63, 3.8) is 0 Å². The van der Waals surface area contributed by atoms with Crippen molar-refractivity contribution >= 4 is 18.0 Å². The number of hydrogen-bond acceptors (Lipinski definition) is 5. The van der Waals surface area contributed by atoms with E-state index in [2.05, 4.69) is 6.92 Å². The van der Waals surface area contributed by atoms with Crippen LogP contribution >= 0.6 is 0 Å². The van der Waals surface area contributed by atoms with Gasteiger partial charge in [-0.1, -0.05) is 13.0 Å². The molecule has 1 atom stereocenters. The van der Waals surface area contributed by atoms with Gasteiger partial charge in [-0.05, 0) is 49.5 Å². The Hall–Kier alpha value is -2.50. The number of rotatable bonds is 5. The Balaban J connectivity index is 1.49. The molecule has 0 N–H and O–H groups in total. The summed E-state index contributed by atoms with van der Waals surface area (Å²) in [4.78, 5) is 26.0. The summed E-state index contributed by atoms with van der Waals surface area (Å²) in [6, 6.07) is 5.67. The minimum Gasteiger partial charge on any atom is -0.454 e. The molecule has 0 aromatic heterocycles. The molecule has 0 radical (unpaired) electrons. The first-order chi connectivity index (χ1) is 12.2. The van der Waals surface area contributed by atoms with Crippen molar-refractivity contribution < 1.29 is 23.8 Å². The number of carbonyl (C=O) groups excluding carboxylic acids is 2. The van der Waals surface area contributed by atoms with Gasteiger partial charge in [-0.3, -0.25) is 4.79 Å². The summed E-state index contributed by atoms with van der Waals surface area (Å²) in [6.07, 6.45) is 7.08. The molecule has 1 amide bonds. The number of benzene rings is 1. The van der Waals surface area contributed by atoms with Crippen molar-refractivity contribution in [2.45, 2.75) is 38.6 Å². The van der Waals surface area contributed by atoms with Gasteiger partial charge in [-0.2, -0.15) is 0 Å². The molecule has 0 bridgehead atoms. The molecule has 1 aromatic carbocycles. The molecule has 0 unspecified atom stereocenters. The van der Waals surface area contributed by atoms with Gasteiger partial charge in [0.2, 0.25) is 6.79 Å². The molecule has 1 fully saturated rings. The summed E-state index contributed by atoms with van der Waals surface area (Å²) < 4.78 is 15.6. The molecular formula is C19H23NO5. The first-order valence-corrected chi connectivity index (χ1v) is 8.71. The molecular weight excluding hydrogens is 322 g/mol. The van der Waals surface area contributed by atoms with Gasteiger partial charge >= 0.3 is 5.97 Å². The Morgan fingerprint density at radius 2 is 2.12 bits per heavy atom. The highest BCUT2D eigenvalue weighted by Gasteiger charge is 2.25. The monoisotopic (exact) mass is 345 g/mol. The zero-order chi connectivity index (χ0) is 17.6. The lowest BCUT2D eigenvalue weighted by molar-refractivity contribution is -0.150. The molecule has 25 heavy (non-hydrogen) atoms. The maximum Gasteiger partial charge on any atom is 0.331 e. The van der Waals surface area contributed by atoms with Crippen molar-refractivity contribution in [2.24, 2.45) is 0 Å². The number of likely N-dealkylation sites (tertiary alicyclic amines) is 1. The zero-order valence-corrected chi connectivity index (χ0v) is 14.4. The Morgan fingerprint density at radius 1 is 1.28 bits per heavy atom. The van der Waals surface area contributed by atoms with Gasteiger partial charge in [0.05, 0.1) is 0 Å². The fraction of sp³-hybridized carbons (Fsp3) is 0.474. The van der Waals surface area contributed by atoms with Crippen LogP contribution in [0.15, 0.2) is 24.3 Å². The molecule has 2 aliphatic heterocycles. The molecule has 2 aliphatic rings. The summed E-state index contributed by atoms with van der Waals surface area (Å²) >= 11 is 0. The summed E-state index contributed by atoms with van der Waals surface area (Å²) in [7, 11) is 0. The van der Waals surface area contributed by atoms with Crippen molar-refractivity contribution in [3.8, 4) is 11.5 Å². The maximum absolute atomic E-state index is 12.3. The molecule has 0 aliphatic carbocycles. The number of carbonyl (C=O) groups is 2. The molecule has 6 heteroatoms. The van der Waals surface area contributed by atoms with Crippen LogP contribution in [-0.4, -0.2) is 42.8 Å². The van der Waals surface area contributed by atoms with Crippen molar-refractivity contribution in [2.75, 3.05) is 19.9 Å². The SMILES string of the molecule is CC[C@@H]1CCCCN1C(=O)COC(=O)/C=C/c1ccc2c(c1)OCO2. The van der Waals surface area contributed by atoms with Crippen LogP contribution in [0.4, 0.5) is 0 Å². The van der Waals surface area contributed by atoms with Crippen molar-refractivity contribution in [1.82, 2.24) is 4.90 Å². The highest BCUT2D eigenvalue weighted by atomic mass is 16.7. The Kier molecular flexibility index (Phi) is 5.58. The van der Waals surface area contributed by atoms with Gasteiger partial charge in [0.25, 0.3) is 5.91 Å². The highest BCUT2D eigenvalue weighted by molar-refractivity contribution is 5.89. The minimum atomic E-state index is -0.531. The van der Waals surface area contributed by atoms with E-state index < -0.39 is 5.97 Å². The lowest BCUT2D eigenvalue weighted by Gasteiger charge is -2.35. The second kappa shape index (κ2) is 8.05. The number of amides is 1. The fourth-order valence-electron chi connectivity index (χ4n) is 3.20. The third kappa shape index (κ3) is 4.32. The average molecular weight is 345 g/mol. The van der Waals surface area contributed by atoms with E-state index in [1.165, 1.54) is 6.08 Å². The Labute approximate surface area is 147 Å². The summed E-state index contributed by atoms with van der Waals surface area (Å²) in [5.41, 5.74) is 0.801. The quantitative estimate of drug-likeness (QED) is 0.606. The zero-order valence-electron chi connectivity index (χ0n) is 14.4. The first-order valence-electron chi connectivity index (χ1n) is 8.71. The van der Waals surface area contributed by atoms with E-state index in [9.17, 15) is 9.59 Å². The molecule has 1 saturated heterocycles. The summed E-state index contributed by atoms with van der Waals surface area (Å²) in [5.74, 6) is 0.700. The number of hydrogen-bond donors (Lipinski definition) is 0. The van der Waals surface area contributed by atoms with E-state index in [-0.39, 0.29) is 25.3 Å². The largest absolute Gasteiger partial charge is 0.454 e. The molecule has 1 aromatic rings. The smallest absolute Gasteiger partial charge is 0.331 e. The lowest BCUT2D eigenvalue weighted by atomic mass is 10.00. The molecule has 0 spiro atoms. The fourth-order valence-corrected chi connectivity index (χ4v) is 3.20. The minimum absolute atomic E-state index is 0.114. The van der Waals surface area contributed by atoms with E-state index in [1.54, 1.807) is 18.2 Å². The highest BCUT2D eigenvalue weighted by Crippen LogP contribution is 2.32. The molecule has 3 rings (SSSR count). The maximum atomic E-state index is 12.3. The number of ether oxygens (including phenoxy) is 3. The molecule has 6 nitrogen and oxygen atoms in total. The van der Waals surface area contributed by atoms with E-state index in [0.717, 1.165) is 37.8 Å². The summed E-state index contributed by atoms with van der Waals surface area (Å²) in [5, 5.41) is 0. The van der Waals surface area contributed by atoms with Crippen LogP contribution in [0, 0.1) is 0 Å². The number of fused-ring (bicyclic) bond motifs is 1. The van der Waals surface area contributed by atoms with Crippen molar-refractivity contribution in [3.05, 3.63) is 29.8 Å². The topological polar surface area (TPSA) is 65.1 Å². The third-order valence-electron chi connectivity index (χ3n) is 4.57. The number of esters is 1. The van der Waals surface area contributed by atoms with Gasteiger partial charge in [-0.15, -0.1) is 0 Å². The van der Waals surface area contributed by atoms with Crippen LogP contribution in [-0.2, 0) is 14.3 Å². The van der Waals surface area contributed by atoms with Crippen LogP contribution in [0.5, 0.6) is 11.5 Å². The predicted octanol–water partition coefficient (Wildman–Crippen LogP) is 2.76. The van der Waals surface area contributed by atoms with Crippen LogP contribution in [0.25, 0.3) is 6.08 Å². The summed E-state index contributed by atoms with van der Waals surface area (Å²) in [6.45, 7) is 2.83. The second-order valence-electron chi connectivity index (χ2n) is 6.20. The van der Waals surface area contributed by atoms with Crippen molar-refractivity contribution in [1.29, 1.82) is 0 Å². The van der Waals surface area contributed by atoms with Crippen LogP contribution < -0.4 is 9.47 Å². The Bertz CT molecular complexity index is 670. The third-order valence-corrected chi connectivity index (χ3v) is 4.57. The average Bonchev–Trinajstić information content (AvgIpc) is 3.12. The first kappa shape index (κ1) is 17.3. The second-order valence-corrected chi connectivity index (χ2v) is 6.20. The van der Waals surface area contributed by atoms with Crippen LogP contribution in [0.3, 0.4) is 0 Å². The Morgan fingerprint density at radius 3 is 2.96 bits per heavy atom. The lowest BCUT2D eigenvalue weighted by Crippen LogP contribution is -2.45. The number of nitrogens with zero attached hydrogens (tertiary/aromatic N) is 1. The van der Waals surface area contributed by atoms with Gasteiger partial charge in [0, 0.05) is 18.7 Å². The normalized spacial score (nSPS) is 19.2.